The van der Waals surface area contributed by atoms with E-state index in [2.05, 4.69) is 42.1 Å². The highest BCUT2D eigenvalue weighted by atomic mass is 35.5. The highest BCUT2D eigenvalue weighted by molar-refractivity contribution is 6.36. The topological polar surface area (TPSA) is 124 Å². The maximum Gasteiger partial charge on any atom is 0.213 e. The van der Waals surface area contributed by atoms with Crippen molar-refractivity contribution < 1.29 is 4.74 Å². The molecule has 35 heavy (non-hydrogen) atoms. The van der Waals surface area contributed by atoms with Gasteiger partial charge in [-0.25, -0.2) is 4.98 Å². The summed E-state index contributed by atoms with van der Waals surface area (Å²) < 4.78 is 5.13. The number of nitriles is 1. The molecule has 0 amide bonds. The Bertz CT molecular complexity index is 1500. The fourth-order valence-corrected chi connectivity index (χ4v) is 4.04. The number of hydrogen-bond acceptors (Lipinski definition) is 8. The molecular weight excluding hydrogens is 464 g/mol. The van der Waals surface area contributed by atoms with E-state index in [0.29, 0.717) is 38.7 Å². The van der Waals surface area contributed by atoms with E-state index in [-0.39, 0.29) is 6.04 Å². The molecule has 172 valence electrons. The number of nitrogens with one attached hydrogen (secondary N) is 3. The minimum atomic E-state index is -0.280. The van der Waals surface area contributed by atoms with E-state index in [4.69, 9.17) is 16.3 Å². The van der Waals surface area contributed by atoms with Crippen LogP contribution in [0.5, 0.6) is 5.88 Å². The van der Waals surface area contributed by atoms with Gasteiger partial charge in [0.1, 0.15) is 11.8 Å². The van der Waals surface area contributed by atoms with E-state index in [1.165, 1.54) is 6.20 Å². The van der Waals surface area contributed by atoms with Crippen LogP contribution in [0, 0.1) is 11.3 Å². The van der Waals surface area contributed by atoms with Crippen LogP contribution in [0.3, 0.4) is 0 Å². The van der Waals surface area contributed by atoms with Crippen molar-refractivity contribution in [3.63, 3.8) is 0 Å². The lowest BCUT2D eigenvalue weighted by Crippen LogP contribution is -2.13. The summed E-state index contributed by atoms with van der Waals surface area (Å²) in [6.45, 7) is 0. The van der Waals surface area contributed by atoms with Gasteiger partial charge in [-0.05, 0) is 23.8 Å². The molecule has 5 aromatic rings. The van der Waals surface area contributed by atoms with Gasteiger partial charge in [-0.2, -0.15) is 20.7 Å². The van der Waals surface area contributed by atoms with Gasteiger partial charge in [-0.1, -0.05) is 41.9 Å². The third-order valence-electron chi connectivity index (χ3n) is 5.43. The van der Waals surface area contributed by atoms with E-state index < -0.39 is 0 Å². The summed E-state index contributed by atoms with van der Waals surface area (Å²) in [6.07, 6.45) is 4.81. The zero-order valence-electron chi connectivity index (χ0n) is 18.5. The Kier molecular flexibility index (Phi) is 6.11. The van der Waals surface area contributed by atoms with Crippen molar-refractivity contribution in [3.05, 3.63) is 95.0 Å². The van der Waals surface area contributed by atoms with Crippen molar-refractivity contribution in [3.8, 4) is 11.9 Å². The summed E-state index contributed by atoms with van der Waals surface area (Å²) >= 11 is 6.65. The Morgan fingerprint density at radius 2 is 1.89 bits per heavy atom. The lowest BCUT2D eigenvalue weighted by Gasteiger charge is -2.20. The molecule has 0 saturated heterocycles. The second kappa shape index (κ2) is 9.67. The number of H-pyrrole nitrogens is 1. The standard InChI is InChI=1S/C25H19ClN8O/c1-35-22-8-7-17(13-28-22)31-23-16(11-27)12-29-25-19(23)9-18(10-20(25)26)32-24(21-14-30-34-33-21)15-5-3-2-4-6-15/h2-10,12-14,24,32H,1H3,(H,29,31)(H,30,33,34). The fraction of sp³-hybridized carbons (Fsp3) is 0.0800. The zero-order chi connectivity index (χ0) is 24.2. The molecule has 1 unspecified atom stereocenters. The summed E-state index contributed by atoms with van der Waals surface area (Å²) in [5, 5.41) is 28.6. The van der Waals surface area contributed by atoms with Crippen LogP contribution in [0.4, 0.5) is 17.1 Å². The Morgan fingerprint density at radius 3 is 2.57 bits per heavy atom. The number of ether oxygens (including phenoxy) is 1. The molecule has 0 bridgehead atoms. The molecule has 0 aliphatic heterocycles. The predicted octanol–water partition coefficient (Wildman–Crippen LogP) is 5.23. The van der Waals surface area contributed by atoms with E-state index in [0.717, 1.165) is 16.9 Å². The quantitative estimate of drug-likeness (QED) is 0.288. The largest absolute Gasteiger partial charge is 0.481 e. The van der Waals surface area contributed by atoms with Crippen LogP contribution in [0.2, 0.25) is 5.02 Å². The maximum atomic E-state index is 9.76. The minimum Gasteiger partial charge on any atom is -0.481 e. The summed E-state index contributed by atoms with van der Waals surface area (Å²) in [5.74, 6) is 0.491. The van der Waals surface area contributed by atoms with E-state index in [1.54, 1.807) is 31.6 Å². The first-order valence-electron chi connectivity index (χ1n) is 10.6. The Labute approximate surface area is 205 Å². The van der Waals surface area contributed by atoms with Gasteiger partial charge in [-0.15, -0.1) is 0 Å². The smallest absolute Gasteiger partial charge is 0.213 e. The summed E-state index contributed by atoms with van der Waals surface area (Å²) in [5.41, 5.74) is 4.66. The summed E-state index contributed by atoms with van der Waals surface area (Å²) in [4.78, 5) is 8.65. The number of hydrogen-bond donors (Lipinski definition) is 3. The Morgan fingerprint density at radius 1 is 1.03 bits per heavy atom. The normalized spacial score (nSPS) is 11.6. The van der Waals surface area contributed by atoms with Crippen LogP contribution >= 0.6 is 11.6 Å². The Hall–Kier alpha value is -4.68. The van der Waals surface area contributed by atoms with Crippen LogP contribution in [0.25, 0.3) is 10.9 Å². The summed E-state index contributed by atoms with van der Waals surface area (Å²) in [6, 6.07) is 19.1. The zero-order valence-corrected chi connectivity index (χ0v) is 19.3. The number of nitrogens with zero attached hydrogens (tertiary/aromatic N) is 5. The number of rotatable bonds is 7. The van der Waals surface area contributed by atoms with Gasteiger partial charge in [0.25, 0.3) is 0 Å². The van der Waals surface area contributed by atoms with Crippen molar-refractivity contribution in [1.82, 2.24) is 25.4 Å². The molecule has 0 saturated carbocycles. The number of aromatic amines is 1. The first-order chi connectivity index (χ1) is 17.2. The first-order valence-corrected chi connectivity index (χ1v) is 11.0. The van der Waals surface area contributed by atoms with Crippen molar-refractivity contribution >= 4 is 39.6 Å². The third kappa shape index (κ3) is 4.55. The van der Waals surface area contributed by atoms with Crippen LogP contribution < -0.4 is 15.4 Å². The molecule has 9 nitrogen and oxygen atoms in total. The van der Waals surface area contributed by atoms with E-state index in [9.17, 15) is 5.26 Å². The van der Waals surface area contributed by atoms with Crippen LogP contribution in [0.1, 0.15) is 22.9 Å². The molecule has 2 aromatic carbocycles. The molecule has 0 radical (unpaired) electrons. The van der Waals surface area contributed by atoms with Gasteiger partial charge in [0.2, 0.25) is 5.88 Å². The van der Waals surface area contributed by atoms with Gasteiger partial charge in [0, 0.05) is 23.3 Å². The Balaban J connectivity index is 1.59. The maximum absolute atomic E-state index is 9.76. The third-order valence-corrected chi connectivity index (χ3v) is 5.72. The molecule has 5 rings (SSSR count). The van der Waals surface area contributed by atoms with Crippen molar-refractivity contribution in [1.29, 1.82) is 5.26 Å². The summed E-state index contributed by atoms with van der Waals surface area (Å²) in [7, 11) is 1.55. The average molecular weight is 483 g/mol. The van der Waals surface area contributed by atoms with E-state index in [1.807, 2.05) is 42.5 Å². The predicted molar refractivity (Wildman–Crippen MR) is 134 cm³/mol. The molecule has 1 atom stereocenters. The number of anilines is 3. The molecule has 3 aromatic heterocycles. The van der Waals surface area contributed by atoms with E-state index >= 15 is 0 Å². The molecule has 10 heteroatoms. The molecular formula is C25H19ClN8O. The van der Waals surface area contributed by atoms with Crippen molar-refractivity contribution in [2.75, 3.05) is 17.7 Å². The lowest BCUT2D eigenvalue weighted by molar-refractivity contribution is 0.398. The van der Waals surface area contributed by atoms with Gasteiger partial charge in [0.15, 0.2) is 0 Å². The van der Waals surface area contributed by atoms with Gasteiger partial charge in [-0.3, -0.25) is 4.98 Å². The van der Waals surface area contributed by atoms with Crippen molar-refractivity contribution in [2.45, 2.75) is 6.04 Å². The number of pyridine rings is 2. The fourth-order valence-electron chi connectivity index (χ4n) is 3.77. The van der Waals surface area contributed by atoms with Crippen LogP contribution in [-0.4, -0.2) is 32.5 Å². The number of halogens is 1. The lowest BCUT2D eigenvalue weighted by atomic mass is 10.0. The minimum absolute atomic E-state index is 0.280. The molecule has 0 aliphatic rings. The second-order valence-electron chi connectivity index (χ2n) is 7.61. The van der Waals surface area contributed by atoms with Crippen LogP contribution in [-0.2, 0) is 0 Å². The van der Waals surface area contributed by atoms with Crippen LogP contribution in [0.15, 0.2) is 73.2 Å². The number of benzene rings is 2. The van der Waals surface area contributed by atoms with Gasteiger partial charge in [0.05, 0.1) is 53.0 Å². The molecule has 0 fully saturated rings. The highest BCUT2D eigenvalue weighted by Gasteiger charge is 2.19. The molecule has 0 spiro atoms. The van der Waals surface area contributed by atoms with Gasteiger partial charge >= 0.3 is 0 Å². The number of fused-ring (bicyclic) bond motifs is 1. The monoisotopic (exact) mass is 482 g/mol. The number of aromatic nitrogens is 5. The second-order valence-corrected chi connectivity index (χ2v) is 8.02. The SMILES string of the molecule is COc1ccc(Nc2c(C#N)cnc3c(Cl)cc(NC(c4ccccc4)c4cn[nH]n4)cc23)cn1. The van der Waals surface area contributed by atoms with Gasteiger partial charge < -0.3 is 15.4 Å². The molecule has 3 heterocycles. The first kappa shape index (κ1) is 22.1. The average Bonchev–Trinajstić information content (AvgIpc) is 3.43. The molecule has 0 aliphatic carbocycles. The molecule has 3 N–H and O–H groups in total. The number of methoxy groups -OCH3 is 1. The van der Waals surface area contributed by atoms with Crippen molar-refractivity contribution in [2.24, 2.45) is 0 Å². The highest BCUT2D eigenvalue weighted by Crippen LogP contribution is 2.36.